The minimum atomic E-state index is -0.529. The predicted molar refractivity (Wildman–Crippen MR) is 89.4 cm³/mol. The lowest BCUT2D eigenvalue weighted by molar-refractivity contribution is 0.0480. The maximum atomic E-state index is 11.6. The van der Waals surface area contributed by atoms with Gasteiger partial charge in [-0.3, -0.25) is 0 Å². The molecule has 0 saturated heterocycles. The summed E-state index contributed by atoms with van der Waals surface area (Å²) in [4.78, 5) is 11.6. The Morgan fingerprint density at radius 1 is 1.08 bits per heavy atom. The first-order valence-corrected chi connectivity index (χ1v) is 7.71. The molecule has 122 valence electrons. The van der Waals surface area contributed by atoms with Crippen molar-refractivity contribution in [3.63, 3.8) is 0 Å². The van der Waals surface area contributed by atoms with Crippen LogP contribution in [0.3, 0.4) is 0 Å². The number of halogens is 1. The summed E-state index contributed by atoms with van der Waals surface area (Å²) in [5.41, 5.74) is 1.36. The lowest BCUT2D eigenvalue weighted by atomic mass is 10.1. The number of ether oxygens (including phenoxy) is 2. The van der Waals surface area contributed by atoms with Gasteiger partial charge in [0.05, 0.1) is 6.61 Å². The first kappa shape index (κ1) is 16.1. The highest BCUT2D eigenvalue weighted by Crippen LogP contribution is 2.26. The summed E-state index contributed by atoms with van der Waals surface area (Å²) in [7, 11) is 0. The normalized spacial score (nSPS) is 10.4. The molecule has 1 aromatic heterocycles. The van der Waals surface area contributed by atoms with E-state index in [4.69, 9.17) is 25.6 Å². The highest BCUT2D eigenvalue weighted by atomic mass is 35.5. The smallest absolute Gasteiger partial charge is 0.377 e. The summed E-state index contributed by atoms with van der Waals surface area (Å²) in [5.74, 6) is 0.917. The van der Waals surface area contributed by atoms with Crippen molar-refractivity contribution in [2.24, 2.45) is 0 Å². The van der Waals surface area contributed by atoms with Crippen LogP contribution in [0.4, 0.5) is 0 Å². The van der Waals surface area contributed by atoms with E-state index in [1.807, 2.05) is 24.3 Å². The van der Waals surface area contributed by atoms with E-state index in [0.29, 0.717) is 22.2 Å². The van der Waals surface area contributed by atoms with E-state index in [9.17, 15) is 4.79 Å². The molecule has 3 rings (SSSR count). The Morgan fingerprint density at radius 2 is 1.71 bits per heavy atom. The summed E-state index contributed by atoms with van der Waals surface area (Å²) in [5, 5.41) is 4.54. The third-order valence-corrected chi connectivity index (χ3v) is 3.44. The van der Waals surface area contributed by atoms with Crippen LogP contribution < -0.4 is 4.74 Å². The van der Waals surface area contributed by atoms with Crippen molar-refractivity contribution in [1.29, 1.82) is 0 Å². The van der Waals surface area contributed by atoms with Gasteiger partial charge in [0.2, 0.25) is 5.76 Å². The zero-order valence-corrected chi connectivity index (χ0v) is 13.6. The van der Waals surface area contributed by atoms with Gasteiger partial charge in [-0.1, -0.05) is 16.8 Å². The minimum Gasteiger partial charge on any atom is -0.460 e. The fourth-order valence-corrected chi connectivity index (χ4v) is 2.17. The monoisotopic (exact) mass is 343 g/mol. The van der Waals surface area contributed by atoms with Gasteiger partial charge in [-0.05, 0) is 55.5 Å². The minimum absolute atomic E-state index is 0.0772. The summed E-state index contributed by atoms with van der Waals surface area (Å²) in [6.07, 6.45) is 0. The number of carbonyl (C=O) groups excluding carboxylic acids is 1. The number of rotatable bonds is 5. The van der Waals surface area contributed by atoms with Crippen molar-refractivity contribution in [1.82, 2.24) is 5.16 Å². The van der Waals surface area contributed by atoms with Crippen molar-refractivity contribution in [3.8, 4) is 22.8 Å². The molecule has 2 aromatic carbocycles. The molecule has 0 aliphatic rings. The average Bonchev–Trinajstić information content (AvgIpc) is 3.08. The van der Waals surface area contributed by atoms with Gasteiger partial charge in [0.25, 0.3) is 0 Å². The molecule has 0 aliphatic carbocycles. The van der Waals surface area contributed by atoms with Crippen molar-refractivity contribution < 1.29 is 18.8 Å². The van der Waals surface area contributed by atoms with Crippen LogP contribution in [0, 0.1) is 0 Å². The number of esters is 1. The fraction of sp³-hybridized carbons (Fsp3) is 0.111. The van der Waals surface area contributed by atoms with Gasteiger partial charge in [0.1, 0.15) is 17.2 Å². The van der Waals surface area contributed by atoms with Crippen LogP contribution in [0.5, 0.6) is 11.5 Å². The Hall–Kier alpha value is -2.79. The number of nitrogens with zero attached hydrogens (tertiary/aromatic N) is 1. The van der Waals surface area contributed by atoms with Gasteiger partial charge in [-0.25, -0.2) is 4.79 Å². The summed E-state index contributed by atoms with van der Waals surface area (Å²) >= 11 is 5.84. The second-order valence-corrected chi connectivity index (χ2v) is 5.31. The molecule has 6 heteroatoms. The Bertz CT molecular complexity index is 825. The van der Waals surface area contributed by atoms with Gasteiger partial charge >= 0.3 is 5.97 Å². The van der Waals surface area contributed by atoms with Crippen LogP contribution in [0.15, 0.2) is 59.1 Å². The second kappa shape index (κ2) is 7.19. The molecular formula is C18H14ClNO4. The SMILES string of the molecule is CCOC(=O)c1cc(-c2ccc(Oc3ccc(Cl)cc3)cc2)no1. The molecule has 0 radical (unpaired) electrons. The third kappa shape index (κ3) is 3.75. The Labute approximate surface area is 143 Å². The van der Waals surface area contributed by atoms with Crippen LogP contribution in [0.25, 0.3) is 11.3 Å². The highest BCUT2D eigenvalue weighted by Gasteiger charge is 2.14. The van der Waals surface area contributed by atoms with Crippen molar-refractivity contribution in [2.75, 3.05) is 6.61 Å². The van der Waals surface area contributed by atoms with E-state index < -0.39 is 5.97 Å². The number of carbonyl (C=O) groups is 1. The molecule has 0 saturated carbocycles. The lowest BCUT2D eigenvalue weighted by Gasteiger charge is -2.06. The van der Waals surface area contributed by atoms with Crippen molar-refractivity contribution in [3.05, 3.63) is 65.4 Å². The van der Waals surface area contributed by atoms with E-state index in [1.165, 1.54) is 0 Å². The second-order valence-electron chi connectivity index (χ2n) is 4.88. The van der Waals surface area contributed by atoms with Crippen LogP contribution in [0.2, 0.25) is 5.02 Å². The Balaban J connectivity index is 1.72. The zero-order chi connectivity index (χ0) is 16.9. The average molecular weight is 344 g/mol. The molecular weight excluding hydrogens is 330 g/mol. The molecule has 24 heavy (non-hydrogen) atoms. The van der Waals surface area contributed by atoms with E-state index in [-0.39, 0.29) is 12.4 Å². The zero-order valence-electron chi connectivity index (χ0n) is 12.9. The van der Waals surface area contributed by atoms with Crippen LogP contribution in [-0.2, 0) is 4.74 Å². The van der Waals surface area contributed by atoms with Crippen LogP contribution >= 0.6 is 11.6 Å². The molecule has 0 aliphatic heterocycles. The van der Waals surface area contributed by atoms with Gasteiger partial charge in [0.15, 0.2) is 0 Å². The van der Waals surface area contributed by atoms with Crippen LogP contribution in [-0.4, -0.2) is 17.7 Å². The quantitative estimate of drug-likeness (QED) is 0.612. The Morgan fingerprint density at radius 3 is 2.33 bits per heavy atom. The molecule has 1 heterocycles. The molecule has 0 fully saturated rings. The predicted octanol–water partition coefficient (Wildman–Crippen LogP) is 4.96. The summed E-state index contributed by atoms with van der Waals surface area (Å²) < 4.78 is 15.6. The maximum absolute atomic E-state index is 11.6. The van der Waals surface area contributed by atoms with E-state index in [2.05, 4.69) is 5.16 Å². The van der Waals surface area contributed by atoms with Crippen LogP contribution in [0.1, 0.15) is 17.5 Å². The molecule has 0 spiro atoms. The molecule has 0 N–H and O–H groups in total. The van der Waals surface area contributed by atoms with E-state index >= 15 is 0 Å². The van der Waals surface area contributed by atoms with Gasteiger partial charge in [0, 0.05) is 16.7 Å². The molecule has 5 nitrogen and oxygen atoms in total. The van der Waals surface area contributed by atoms with Gasteiger partial charge in [-0.2, -0.15) is 0 Å². The van der Waals surface area contributed by atoms with Gasteiger partial charge in [-0.15, -0.1) is 0 Å². The third-order valence-electron chi connectivity index (χ3n) is 3.19. The molecule has 3 aromatic rings. The van der Waals surface area contributed by atoms with Crippen molar-refractivity contribution >= 4 is 17.6 Å². The summed E-state index contributed by atoms with van der Waals surface area (Å²) in [6, 6.07) is 15.9. The number of benzene rings is 2. The first-order valence-electron chi connectivity index (χ1n) is 7.33. The maximum Gasteiger partial charge on any atom is 0.377 e. The number of hydrogen-bond acceptors (Lipinski definition) is 5. The molecule has 0 bridgehead atoms. The Kier molecular flexibility index (Phi) is 4.82. The molecule has 0 atom stereocenters. The van der Waals surface area contributed by atoms with E-state index in [0.717, 1.165) is 5.56 Å². The molecule has 0 amide bonds. The van der Waals surface area contributed by atoms with Gasteiger partial charge < -0.3 is 14.0 Å². The van der Waals surface area contributed by atoms with E-state index in [1.54, 1.807) is 37.3 Å². The van der Waals surface area contributed by atoms with Crippen molar-refractivity contribution in [2.45, 2.75) is 6.92 Å². The summed E-state index contributed by atoms with van der Waals surface area (Å²) in [6.45, 7) is 2.01. The topological polar surface area (TPSA) is 61.6 Å². The molecule has 0 unspecified atom stereocenters. The first-order chi connectivity index (χ1) is 11.7. The lowest BCUT2D eigenvalue weighted by Crippen LogP contribution is -2.02. The fourth-order valence-electron chi connectivity index (χ4n) is 2.04. The highest BCUT2D eigenvalue weighted by molar-refractivity contribution is 6.30. The largest absolute Gasteiger partial charge is 0.460 e. The number of hydrogen-bond donors (Lipinski definition) is 0. The standard InChI is InChI=1S/C18H14ClNO4/c1-2-22-18(21)17-11-16(20-24-17)12-3-7-14(8-4-12)23-15-9-5-13(19)6-10-15/h3-11H,2H2,1H3. The number of aromatic nitrogens is 1.